The zero-order valence-electron chi connectivity index (χ0n) is 13.2. The fraction of sp³-hybridized carbons (Fsp3) is 0.188. The molecule has 0 amide bonds. The van der Waals surface area contributed by atoms with Gasteiger partial charge in [-0.15, -0.1) is 11.3 Å². The topological polar surface area (TPSA) is 104 Å². The Morgan fingerprint density at radius 3 is 2.92 bits per heavy atom. The number of rotatable bonds is 5. The second-order valence-corrected chi connectivity index (χ2v) is 6.14. The van der Waals surface area contributed by atoms with E-state index in [0.29, 0.717) is 10.7 Å². The molecule has 0 fully saturated rings. The first-order valence-corrected chi connectivity index (χ1v) is 8.18. The maximum absolute atomic E-state index is 12.1. The summed E-state index contributed by atoms with van der Waals surface area (Å²) in [5.74, 6) is -0.626. The number of nitro benzene ring substituents is 1. The SMILES string of the molecule is Cc1csc2nc(COC(=O)Cc3ccccc3[N+](=O)[O-])cc(=O)n12. The first-order chi connectivity index (χ1) is 12.0. The third kappa shape index (κ3) is 3.56. The van der Waals surface area contributed by atoms with Gasteiger partial charge in [0.1, 0.15) is 6.61 Å². The summed E-state index contributed by atoms with van der Waals surface area (Å²) in [6.45, 7) is 1.64. The molecule has 1 aromatic carbocycles. The molecular formula is C16H13N3O5S. The minimum absolute atomic E-state index is 0.133. The molecule has 2 heterocycles. The van der Waals surface area contributed by atoms with E-state index in [1.165, 1.54) is 40.0 Å². The third-order valence-electron chi connectivity index (χ3n) is 3.53. The summed E-state index contributed by atoms with van der Waals surface area (Å²) in [4.78, 5) is 39.2. The lowest BCUT2D eigenvalue weighted by Gasteiger charge is -2.05. The van der Waals surface area contributed by atoms with Crippen LogP contribution in [0.4, 0.5) is 5.69 Å². The number of aromatic nitrogens is 2. The Morgan fingerprint density at radius 2 is 2.16 bits per heavy atom. The van der Waals surface area contributed by atoms with Crippen molar-refractivity contribution in [1.29, 1.82) is 0 Å². The van der Waals surface area contributed by atoms with Crippen molar-refractivity contribution in [3.05, 3.63) is 73.1 Å². The van der Waals surface area contributed by atoms with E-state index in [1.807, 2.05) is 5.38 Å². The smallest absolute Gasteiger partial charge is 0.310 e. The first-order valence-electron chi connectivity index (χ1n) is 7.30. The summed E-state index contributed by atoms with van der Waals surface area (Å²) >= 11 is 1.32. The van der Waals surface area contributed by atoms with Gasteiger partial charge in [-0.1, -0.05) is 18.2 Å². The fourth-order valence-electron chi connectivity index (χ4n) is 2.37. The standard InChI is InChI=1S/C16H13N3O5S/c1-10-9-25-16-17-12(7-14(20)18(10)16)8-24-15(21)6-11-4-2-3-5-13(11)19(22)23/h2-5,7,9H,6,8H2,1H3. The number of thiazole rings is 1. The summed E-state index contributed by atoms with van der Waals surface area (Å²) < 4.78 is 6.59. The zero-order valence-corrected chi connectivity index (χ0v) is 14.0. The van der Waals surface area contributed by atoms with E-state index in [0.717, 1.165) is 5.69 Å². The minimum atomic E-state index is -0.626. The molecule has 0 radical (unpaired) electrons. The van der Waals surface area contributed by atoms with Crippen LogP contribution in [0.15, 0.2) is 40.5 Å². The van der Waals surface area contributed by atoms with Crippen LogP contribution in [0.3, 0.4) is 0 Å². The van der Waals surface area contributed by atoms with E-state index in [9.17, 15) is 19.7 Å². The van der Waals surface area contributed by atoms with Crippen molar-refractivity contribution < 1.29 is 14.5 Å². The average Bonchev–Trinajstić information content (AvgIpc) is 2.95. The maximum Gasteiger partial charge on any atom is 0.310 e. The largest absolute Gasteiger partial charge is 0.459 e. The summed E-state index contributed by atoms with van der Waals surface area (Å²) in [6.07, 6.45) is -0.226. The van der Waals surface area contributed by atoms with Crippen molar-refractivity contribution in [3.63, 3.8) is 0 Å². The first kappa shape index (κ1) is 16.8. The van der Waals surface area contributed by atoms with Gasteiger partial charge in [0.15, 0.2) is 4.96 Å². The van der Waals surface area contributed by atoms with E-state index in [1.54, 1.807) is 13.0 Å². The predicted octanol–water partition coefficient (Wildman–Crippen LogP) is 2.26. The third-order valence-corrected chi connectivity index (χ3v) is 4.48. The van der Waals surface area contributed by atoms with Gasteiger partial charge in [-0.25, -0.2) is 4.98 Å². The van der Waals surface area contributed by atoms with Crippen LogP contribution < -0.4 is 5.56 Å². The van der Waals surface area contributed by atoms with Crippen molar-refractivity contribution >= 4 is 28.0 Å². The Labute approximate surface area is 145 Å². The molecule has 0 bridgehead atoms. The molecule has 0 spiro atoms. The number of aryl methyl sites for hydroxylation is 1. The molecule has 25 heavy (non-hydrogen) atoms. The molecule has 8 nitrogen and oxygen atoms in total. The highest BCUT2D eigenvalue weighted by molar-refractivity contribution is 7.15. The Bertz CT molecular complexity index is 1020. The number of carbonyl (C=O) groups excluding carboxylic acids is 1. The average molecular weight is 359 g/mol. The lowest BCUT2D eigenvalue weighted by molar-refractivity contribution is -0.385. The van der Waals surface area contributed by atoms with E-state index in [-0.39, 0.29) is 29.8 Å². The number of para-hydroxylation sites is 1. The summed E-state index contributed by atoms with van der Waals surface area (Å²) in [6, 6.07) is 7.29. The van der Waals surface area contributed by atoms with Crippen molar-refractivity contribution in [2.75, 3.05) is 0 Å². The van der Waals surface area contributed by atoms with Crippen LogP contribution in [-0.2, 0) is 22.6 Å². The van der Waals surface area contributed by atoms with Gasteiger partial charge in [-0.05, 0) is 6.92 Å². The lowest BCUT2D eigenvalue weighted by Crippen LogP contribution is -2.16. The number of nitrogens with zero attached hydrogens (tertiary/aromatic N) is 3. The van der Waals surface area contributed by atoms with Gasteiger partial charge in [0.05, 0.1) is 17.0 Å². The van der Waals surface area contributed by atoms with Crippen molar-refractivity contribution in [2.24, 2.45) is 0 Å². The summed E-state index contributed by atoms with van der Waals surface area (Å²) in [7, 11) is 0. The van der Waals surface area contributed by atoms with Gasteiger partial charge in [0, 0.05) is 28.8 Å². The van der Waals surface area contributed by atoms with E-state index in [2.05, 4.69) is 4.98 Å². The zero-order chi connectivity index (χ0) is 18.0. The second-order valence-electron chi connectivity index (χ2n) is 5.30. The predicted molar refractivity (Wildman–Crippen MR) is 90.7 cm³/mol. The van der Waals surface area contributed by atoms with E-state index >= 15 is 0 Å². The van der Waals surface area contributed by atoms with Crippen LogP contribution in [-0.4, -0.2) is 20.3 Å². The number of fused-ring (bicyclic) bond motifs is 1. The number of esters is 1. The number of carbonyl (C=O) groups is 1. The number of hydrogen-bond acceptors (Lipinski definition) is 7. The van der Waals surface area contributed by atoms with Crippen LogP contribution in [0.1, 0.15) is 17.0 Å². The van der Waals surface area contributed by atoms with Crippen molar-refractivity contribution in [2.45, 2.75) is 20.0 Å². The molecule has 9 heteroatoms. The highest BCUT2D eigenvalue weighted by Crippen LogP contribution is 2.18. The monoisotopic (exact) mass is 359 g/mol. The Morgan fingerprint density at radius 1 is 1.40 bits per heavy atom. The maximum atomic E-state index is 12.1. The molecular weight excluding hydrogens is 346 g/mol. The van der Waals surface area contributed by atoms with E-state index in [4.69, 9.17) is 4.74 Å². The minimum Gasteiger partial charge on any atom is -0.459 e. The van der Waals surface area contributed by atoms with Gasteiger partial charge in [-0.3, -0.25) is 24.1 Å². The van der Waals surface area contributed by atoms with E-state index < -0.39 is 10.9 Å². The molecule has 0 saturated carbocycles. The quantitative estimate of drug-likeness (QED) is 0.393. The molecule has 0 aliphatic carbocycles. The van der Waals surface area contributed by atoms with Crippen molar-refractivity contribution in [1.82, 2.24) is 9.38 Å². The molecule has 0 N–H and O–H groups in total. The van der Waals surface area contributed by atoms with Gasteiger partial charge in [0.25, 0.3) is 11.2 Å². The molecule has 3 aromatic rings. The van der Waals surface area contributed by atoms with Gasteiger partial charge in [0.2, 0.25) is 0 Å². The Hall–Kier alpha value is -3.07. The number of nitro groups is 1. The highest BCUT2D eigenvalue weighted by atomic mass is 32.1. The normalized spacial score (nSPS) is 10.8. The molecule has 2 aromatic heterocycles. The van der Waals surface area contributed by atoms with Gasteiger partial charge in [-0.2, -0.15) is 0 Å². The van der Waals surface area contributed by atoms with Crippen LogP contribution >= 0.6 is 11.3 Å². The summed E-state index contributed by atoms with van der Waals surface area (Å²) in [5, 5.41) is 12.8. The van der Waals surface area contributed by atoms with Crippen LogP contribution in [0.25, 0.3) is 4.96 Å². The second kappa shape index (κ2) is 6.81. The molecule has 0 saturated heterocycles. The molecule has 0 aliphatic rings. The van der Waals surface area contributed by atoms with Gasteiger partial charge < -0.3 is 4.74 Å². The molecule has 3 rings (SSSR count). The van der Waals surface area contributed by atoms with Crippen LogP contribution in [0, 0.1) is 17.0 Å². The molecule has 0 unspecified atom stereocenters. The molecule has 128 valence electrons. The Balaban J connectivity index is 1.71. The summed E-state index contributed by atoms with van der Waals surface area (Å²) in [5.41, 5.74) is 1.02. The lowest BCUT2D eigenvalue weighted by atomic mass is 10.1. The molecule has 0 aliphatic heterocycles. The highest BCUT2D eigenvalue weighted by Gasteiger charge is 2.16. The number of benzene rings is 1. The van der Waals surface area contributed by atoms with Crippen LogP contribution in [0.5, 0.6) is 0 Å². The fourth-order valence-corrected chi connectivity index (χ4v) is 3.26. The molecule has 0 atom stereocenters. The number of ether oxygens (including phenoxy) is 1. The van der Waals surface area contributed by atoms with Crippen molar-refractivity contribution in [3.8, 4) is 0 Å². The number of hydrogen-bond donors (Lipinski definition) is 0. The van der Waals surface area contributed by atoms with Crippen LogP contribution in [0.2, 0.25) is 0 Å². The Kier molecular flexibility index (Phi) is 4.57. The van der Waals surface area contributed by atoms with Gasteiger partial charge >= 0.3 is 5.97 Å².